The van der Waals surface area contributed by atoms with Crippen LogP contribution in [0.4, 0.5) is 0 Å². The van der Waals surface area contributed by atoms with E-state index in [-0.39, 0.29) is 0 Å². The summed E-state index contributed by atoms with van der Waals surface area (Å²) in [6.45, 7) is 3.63. The third-order valence-corrected chi connectivity index (χ3v) is 1.61. The van der Waals surface area contributed by atoms with Gasteiger partial charge in [0.1, 0.15) is 11.8 Å². The molecule has 0 aliphatic rings. The molecule has 0 radical (unpaired) electrons. The second-order valence-electron chi connectivity index (χ2n) is 2.45. The lowest BCUT2D eigenvalue weighted by Crippen LogP contribution is -1.91. The largest absolute Gasteiger partial charge is 0.245 e. The fraction of sp³-hybridized carbons (Fsp3) is 0.200. The summed E-state index contributed by atoms with van der Waals surface area (Å²) in [4.78, 5) is 3.95. The Balaban J connectivity index is 2.83. The number of rotatable bonds is 3. The molecule has 0 unspecified atom stereocenters. The van der Waals surface area contributed by atoms with Gasteiger partial charge in [0.05, 0.1) is 0 Å². The number of pyridine rings is 1. The number of aromatic nitrogens is 1. The maximum Gasteiger partial charge on any atom is 0.143 e. The van der Waals surface area contributed by atoms with Crippen LogP contribution in [0.2, 0.25) is 0 Å². The minimum absolute atomic E-state index is 0.527. The van der Waals surface area contributed by atoms with Gasteiger partial charge in [-0.25, -0.2) is 4.98 Å². The van der Waals surface area contributed by atoms with E-state index < -0.39 is 0 Å². The molecule has 1 heterocycles. The van der Waals surface area contributed by atoms with Gasteiger partial charge in [-0.1, -0.05) is 12.1 Å². The lowest BCUT2D eigenvalue weighted by Gasteiger charge is -1.98. The molecule has 0 bridgehead atoms. The number of aryl methyl sites for hydroxylation is 1. The molecule has 0 spiro atoms. The van der Waals surface area contributed by atoms with Gasteiger partial charge in [0.2, 0.25) is 0 Å². The van der Waals surface area contributed by atoms with Crippen molar-refractivity contribution >= 4 is 0 Å². The lowest BCUT2D eigenvalue weighted by atomic mass is 10.1. The monoisotopic (exact) mass is 158 g/mol. The molecule has 1 aromatic heterocycles. The zero-order valence-corrected chi connectivity index (χ0v) is 6.83. The van der Waals surface area contributed by atoms with Crippen LogP contribution in [0.3, 0.4) is 0 Å². The van der Waals surface area contributed by atoms with Gasteiger partial charge in [-0.05, 0) is 24.5 Å². The Labute approximate surface area is 72.2 Å². The van der Waals surface area contributed by atoms with Gasteiger partial charge in [-0.15, -0.1) is 6.58 Å². The average molecular weight is 158 g/mol. The Hall–Kier alpha value is -1.62. The Morgan fingerprint density at radius 1 is 1.67 bits per heavy atom. The van der Waals surface area contributed by atoms with E-state index in [0.717, 1.165) is 18.4 Å². The van der Waals surface area contributed by atoms with E-state index in [0.29, 0.717) is 5.69 Å². The van der Waals surface area contributed by atoms with Crippen LogP contribution in [0.1, 0.15) is 17.7 Å². The van der Waals surface area contributed by atoms with Gasteiger partial charge < -0.3 is 0 Å². The molecular formula is C10H10N2. The van der Waals surface area contributed by atoms with Crippen LogP contribution in [-0.2, 0) is 6.42 Å². The van der Waals surface area contributed by atoms with Crippen molar-refractivity contribution in [3.63, 3.8) is 0 Å². The predicted molar refractivity (Wildman–Crippen MR) is 47.5 cm³/mol. The normalized spacial score (nSPS) is 8.92. The van der Waals surface area contributed by atoms with E-state index in [4.69, 9.17) is 5.26 Å². The molecule has 0 aliphatic carbocycles. The molecule has 2 nitrogen and oxygen atoms in total. The summed E-state index contributed by atoms with van der Waals surface area (Å²) in [6.07, 6.45) is 5.21. The van der Waals surface area contributed by atoms with Gasteiger partial charge in [0.25, 0.3) is 0 Å². The molecular weight excluding hydrogens is 148 g/mol. The molecule has 0 atom stereocenters. The smallest absolute Gasteiger partial charge is 0.143 e. The van der Waals surface area contributed by atoms with Gasteiger partial charge in [0.15, 0.2) is 0 Å². The summed E-state index contributed by atoms with van der Waals surface area (Å²) >= 11 is 0. The second kappa shape index (κ2) is 4.30. The summed E-state index contributed by atoms with van der Waals surface area (Å²) in [5, 5.41) is 8.68. The highest BCUT2D eigenvalue weighted by Gasteiger charge is 1.99. The highest BCUT2D eigenvalue weighted by atomic mass is 14.7. The zero-order chi connectivity index (χ0) is 8.81. The molecule has 0 saturated carbocycles. The number of nitrogens with zero attached hydrogens (tertiary/aromatic N) is 2. The van der Waals surface area contributed by atoms with Gasteiger partial charge >= 0.3 is 0 Å². The van der Waals surface area contributed by atoms with Gasteiger partial charge in [-0.3, -0.25) is 0 Å². The fourth-order valence-electron chi connectivity index (χ4n) is 0.999. The van der Waals surface area contributed by atoms with Crippen molar-refractivity contribution in [1.82, 2.24) is 4.98 Å². The van der Waals surface area contributed by atoms with E-state index in [1.165, 1.54) is 0 Å². The van der Waals surface area contributed by atoms with Crippen molar-refractivity contribution in [2.45, 2.75) is 12.8 Å². The zero-order valence-electron chi connectivity index (χ0n) is 6.83. The van der Waals surface area contributed by atoms with Crippen LogP contribution in [0, 0.1) is 11.3 Å². The first kappa shape index (κ1) is 8.48. The maximum absolute atomic E-state index is 8.68. The summed E-state index contributed by atoms with van der Waals surface area (Å²) in [7, 11) is 0. The number of hydrogen-bond donors (Lipinski definition) is 0. The quantitative estimate of drug-likeness (QED) is 0.631. The summed E-state index contributed by atoms with van der Waals surface area (Å²) in [5.74, 6) is 0. The Bertz CT molecular complexity index is 310. The van der Waals surface area contributed by atoms with E-state index >= 15 is 0 Å². The van der Waals surface area contributed by atoms with Gasteiger partial charge in [-0.2, -0.15) is 5.26 Å². The molecule has 2 heteroatoms. The molecule has 1 aromatic rings. The summed E-state index contributed by atoms with van der Waals surface area (Å²) < 4.78 is 0. The lowest BCUT2D eigenvalue weighted by molar-refractivity contribution is 0.979. The van der Waals surface area contributed by atoms with Crippen LogP contribution < -0.4 is 0 Å². The van der Waals surface area contributed by atoms with Crippen molar-refractivity contribution in [2.75, 3.05) is 0 Å². The first-order valence-electron chi connectivity index (χ1n) is 3.83. The molecule has 0 aromatic carbocycles. The minimum Gasteiger partial charge on any atom is -0.245 e. The predicted octanol–water partition coefficient (Wildman–Crippen LogP) is 2.07. The third kappa shape index (κ3) is 1.93. The van der Waals surface area contributed by atoms with E-state index in [9.17, 15) is 0 Å². The summed E-state index contributed by atoms with van der Waals surface area (Å²) in [5.41, 5.74) is 1.53. The van der Waals surface area contributed by atoms with E-state index in [1.807, 2.05) is 18.2 Å². The van der Waals surface area contributed by atoms with E-state index in [1.54, 1.807) is 6.20 Å². The van der Waals surface area contributed by atoms with Crippen molar-refractivity contribution in [3.8, 4) is 6.07 Å². The molecule has 60 valence electrons. The van der Waals surface area contributed by atoms with Crippen LogP contribution >= 0.6 is 0 Å². The van der Waals surface area contributed by atoms with Crippen molar-refractivity contribution in [1.29, 1.82) is 5.26 Å². The molecule has 0 saturated heterocycles. The summed E-state index contributed by atoms with van der Waals surface area (Å²) in [6, 6.07) is 5.83. The van der Waals surface area contributed by atoms with Crippen LogP contribution in [0.5, 0.6) is 0 Å². The van der Waals surface area contributed by atoms with Crippen molar-refractivity contribution in [3.05, 3.63) is 42.2 Å². The van der Waals surface area contributed by atoms with Crippen molar-refractivity contribution in [2.24, 2.45) is 0 Å². The molecule has 12 heavy (non-hydrogen) atoms. The Kier molecular flexibility index (Phi) is 3.04. The molecule has 0 N–H and O–H groups in total. The Morgan fingerprint density at radius 3 is 3.17 bits per heavy atom. The molecule has 0 fully saturated rings. The highest BCUT2D eigenvalue weighted by molar-refractivity contribution is 5.30. The van der Waals surface area contributed by atoms with Crippen LogP contribution in [0.25, 0.3) is 0 Å². The van der Waals surface area contributed by atoms with Gasteiger partial charge in [0, 0.05) is 6.20 Å². The van der Waals surface area contributed by atoms with Crippen LogP contribution in [0.15, 0.2) is 31.0 Å². The third-order valence-electron chi connectivity index (χ3n) is 1.61. The number of hydrogen-bond acceptors (Lipinski definition) is 2. The first-order valence-corrected chi connectivity index (χ1v) is 3.83. The minimum atomic E-state index is 0.527. The van der Waals surface area contributed by atoms with Crippen molar-refractivity contribution < 1.29 is 0 Å². The average Bonchev–Trinajstić information content (AvgIpc) is 2.15. The second-order valence-corrected chi connectivity index (χ2v) is 2.45. The first-order chi connectivity index (χ1) is 5.88. The number of nitriles is 1. The molecule has 0 amide bonds. The van der Waals surface area contributed by atoms with E-state index in [2.05, 4.69) is 17.6 Å². The fourth-order valence-corrected chi connectivity index (χ4v) is 0.999. The van der Waals surface area contributed by atoms with Crippen LogP contribution in [-0.4, -0.2) is 4.98 Å². The standard InChI is InChI=1S/C10H10N2/c1-2-3-5-9-6-4-7-12-10(9)8-11/h2,4,6-7H,1,3,5H2. The molecule has 1 rings (SSSR count). The topological polar surface area (TPSA) is 36.7 Å². The Morgan fingerprint density at radius 2 is 2.50 bits per heavy atom. The molecule has 0 aliphatic heterocycles. The maximum atomic E-state index is 8.68. The highest BCUT2D eigenvalue weighted by Crippen LogP contribution is 2.06. The SMILES string of the molecule is C=CCCc1cccnc1C#N. The number of allylic oxidation sites excluding steroid dienone is 1.